The molecular weight excluding hydrogens is 326 g/mol. The van der Waals surface area contributed by atoms with E-state index < -0.39 is 0 Å². The fourth-order valence-corrected chi connectivity index (χ4v) is 3.05. The Morgan fingerprint density at radius 1 is 1.04 bits per heavy atom. The molecule has 3 N–H and O–H groups in total. The van der Waals surface area contributed by atoms with Crippen LogP contribution in [0.4, 0.5) is 17.5 Å². The van der Waals surface area contributed by atoms with Crippen LogP contribution in [0.5, 0.6) is 0 Å². The zero-order chi connectivity index (χ0) is 17.8. The Morgan fingerprint density at radius 2 is 1.92 bits per heavy atom. The van der Waals surface area contributed by atoms with E-state index in [1.807, 2.05) is 25.5 Å². The first-order valence-electron chi connectivity index (χ1n) is 8.95. The minimum Gasteiger partial charge on any atom is -0.340 e. The van der Waals surface area contributed by atoms with Gasteiger partial charge >= 0.3 is 0 Å². The number of hydrogen-bond acceptors (Lipinski definition) is 6. The average Bonchev–Trinajstić information content (AvgIpc) is 3.07. The summed E-state index contributed by atoms with van der Waals surface area (Å²) in [4.78, 5) is 11.5. The number of aromatic nitrogens is 4. The molecule has 26 heavy (non-hydrogen) atoms. The molecule has 0 aliphatic carbocycles. The molecule has 0 spiro atoms. The minimum absolute atomic E-state index is 0.789. The van der Waals surface area contributed by atoms with Crippen molar-refractivity contribution >= 4 is 17.5 Å². The lowest BCUT2D eigenvalue weighted by Gasteiger charge is -2.21. The molecule has 1 aliphatic heterocycles. The van der Waals surface area contributed by atoms with Crippen LogP contribution in [0.2, 0.25) is 0 Å². The smallest absolute Gasteiger partial charge is 0.227 e. The van der Waals surface area contributed by atoms with Crippen molar-refractivity contribution in [3.8, 4) is 11.1 Å². The summed E-state index contributed by atoms with van der Waals surface area (Å²) >= 11 is 0. The standard InChI is InChI=1S/C19H23N7/c1-14-11-21-19(26-9-2-7-20-8-10-26)25-18(14)24-17-5-3-15(4-6-17)16-12-22-23-13-16/h3-6,11-13,20H,2,7-10H2,1H3,(H,22,23)(H,21,24,25). The summed E-state index contributed by atoms with van der Waals surface area (Å²) in [6.07, 6.45) is 6.71. The molecule has 3 aromatic rings. The normalized spacial score (nSPS) is 14.9. The first-order valence-corrected chi connectivity index (χ1v) is 8.95. The van der Waals surface area contributed by atoms with Crippen molar-refractivity contribution in [2.45, 2.75) is 13.3 Å². The van der Waals surface area contributed by atoms with Crippen LogP contribution in [0.15, 0.2) is 42.9 Å². The second-order valence-corrected chi connectivity index (χ2v) is 6.48. The number of hydrogen-bond donors (Lipinski definition) is 3. The second-order valence-electron chi connectivity index (χ2n) is 6.48. The van der Waals surface area contributed by atoms with E-state index in [-0.39, 0.29) is 0 Å². The summed E-state index contributed by atoms with van der Waals surface area (Å²) < 4.78 is 0. The molecule has 7 nitrogen and oxygen atoms in total. The van der Waals surface area contributed by atoms with Crippen molar-refractivity contribution in [3.63, 3.8) is 0 Å². The van der Waals surface area contributed by atoms with E-state index in [0.29, 0.717) is 0 Å². The Bertz CT molecular complexity index is 835. The molecule has 0 unspecified atom stereocenters. The quantitative estimate of drug-likeness (QED) is 0.672. The third-order valence-corrected chi connectivity index (χ3v) is 4.56. The molecule has 0 amide bonds. The molecule has 1 fully saturated rings. The van der Waals surface area contributed by atoms with E-state index in [1.165, 1.54) is 0 Å². The molecule has 0 bridgehead atoms. The van der Waals surface area contributed by atoms with Gasteiger partial charge in [-0.05, 0) is 37.6 Å². The van der Waals surface area contributed by atoms with Gasteiger partial charge in [0.2, 0.25) is 5.95 Å². The van der Waals surface area contributed by atoms with Crippen LogP contribution in [0.25, 0.3) is 11.1 Å². The zero-order valence-electron chi connectivity index (χ0n) is 14.9. The van der Waals surface area contributed by atoms with Gasteiger partial charge in [-0.1, -0.05) is 12.1 Å². The van der Waals surface area contributed by atoms with E-state index >= 15 is 0 Å². The summed E-state index contributed by atoms with van der Waals surface area (Å²) in [6, 6.07) is 8.26. The predicted octanol–water partition coefficient (Wildman–Crippen LogP) is 2.72. The van der Waals surface area contributed by atoms with Gasteiger partial charge in [-0.2, -0.15) is 10.1 Å². The zero-order valence-corrected chi connectivity index (χ0v) is 14.9. The largest absolute Gasteiger partial charge is 0.340 e. The molecule has 1 aromatic carbocycles. The molecule has 7 heteroatoms. The van der Waals surface area contributed by atoms with Crippen LogP contribution in [-0.2, 0) is 0 Å². The molecule has 1 aliphatic rings. The van der Waals surface area contributed by atoms with Gasteiger partial charge in [-0.3, -0.25) is 5.10 Å². The topological polar surface area (TPSA) is 81.8 Å². The Kier molecular flexibility index (Phi) is 4.79. The fraction of sp³-hybridized carbons (Fsp3) is 0.316. The molecular formula is C19H23N7. The SMILES string of the molecule is Cc1cnc(N2CCCNCC2)nc1Nc1ccc(-c2cn[nH]c2)cc1. The van der Waals surface area contributed by atoms with Gasteiger partial charge in [-0.15, -0.1) is 0 Å². The molecule has 0 saturated carbocycles. The van der Waals surface area contributed by atoms with Crippen molar-refractivity contribution < 1.29 is 0 Å². The van der Waals surface area contributed by atoms with Gasteiger partial charge in [0, 0.05) is 48.8 Å². The van der Waals surface area contributed by atoms with Crippen molar-refractivity contribution in [3.05, 3.63) is 48.4 Å². The van der Waals surface area contributed by atoms with Crippen LogP contribution >= 0.6 is 0 Å². The van der Waals surface area contributed by atoms with E-state index in [0.717, 1.165) is 66.7 Å². The van der Waals surface area contributed by atoms with Crippen LogP contribution in [0, 0.1) is 6.92 Å². The Balaban J connectivity index is 1.52. The van der Waals surface area contributed by atoms with E-state index in [1.54, 1.807) is 0 Å². The van der Waals surface area contributed by atoms with Crippen molar-refractivity contribution in [2.75, 3.05) is 36.4 Å². The van der Waals surface area contributed by atoms with Crippen LogP contribution < -0.4 is 15.5 Å². The summed E-state index contributed by atoms with van der Waals surface area (Å²) in [5, 5.41) is 13.7. The monoisotopic (exact) mass is 349 g/mol. The van der Waals surface area contributed by atoms with Crippen molar-refractivity contribution in [1.29, 1.82) is 0 Å². The number of aromatic amines is 1. The lowest BCUT2D eigenvalue weighted by atomic mass is 10.1. The maximum absolute atomic E-state index is 4.77. The Morgan fingerprint density at radius 3 is 2.73 bits per heavy atom. The van der Waals surface area contributed by atoms with Gasteiger partial charge in [0.05, 0.1) is 6.20 Å². The number of benzene rings is 1. The molecule has 2 aromatic heterocycles. The lowest BCUT2D eigenvalue weighted by molar-refractivity contribution is 0.724. The molecule has 0 atom stereocenters. The van der Waals surface area contributed by atoms with E-state index in [4.69, 9.17) is 4.98 Å². The number of nitrogens with zero attached hydrogens (tertiary/aromatic N) is 4. The fourth-order valence-electron chi connectivity index (χ4n) is 3.05. The summed E-state index contributed by atoms with van der Waals surface area (Å²) in [5.74, 6) is 1.64. The number of nitrogens with one attached hydrogen (secondary N) is 3. The lowest BCUT2D eigenvalue weighted by Crippen LogP contribution is -2.29. The second kappa shape index (κ2) is 7.53. The highest BCUT2D eigenvalue weighted by atomic mass is 15.3. The third kappa shape index (κ3) is 3.67. The number of H-pyrrole nitrogens is 1. The van der Waals surface area contributed by atoms with Gasteiger partial charge in [-0.25, -0.2) is 4.98 Å². The first-order chi connectivity index (χ1) is 12.8. The van der Waals surface area contributed by atoms with Gasteiger partial charge < -0.3 is 15.5 Å². The minimum atomic E-state index is 0.789. The Hall–Kier alpha value is -2.93. The predicted molar refractivity (Wildman–Crippen MR) is 104 cm³/mol. The number of aryl methyl sites for hydroxylation is 1. The van der Waals surface area contributed by atoms with Crippen LogP contribution in [0.3, 0.4) is 0 Å². The first kappa shape index (κ1) is 16.5. The maximum Gasteiger partial charge on any atom is 0.227 e. The van der Waals surface area contributed by atoms with Gasteiger partial charge in [0.25, 0.3) is 0 Å². The molecule has 0 radical (unpaired) electrons. The molecule has 4 rings (SSSR count). The summed E-state index contributed by atoms with van der Waals surface area (Å²) in [5.41, 5.74) is 4.23. The van der Waals surface area contributed by atoms with E-state index in [2.05, 4.69) is 55.0 Å². The molecule has 3 heterocycles. The molecule has 1 saturated heterocycles. The van der Waals surface area contributed by atoms with Gasteiger partial charge in [0.1, 0.15) is 5.82 Å². The highest BCUT2D eigenvalue weighted by Crippen LogP contribution is 2.24. The highest BCUT2D eigenvalue weighted by Gasteiger charge is 2.14. The summed E-state index contributed by atoms with van der Waals surface area (Å²) in [7, 11) is 0. The Labute approximate surface area is 152 Å². The number of anilines is 3. The highest BCUT2D eigenvalue weighted by molar-refractivity contribution is 5.67. The van der Waals surface area contributed by atoms with Gasteiger partial charge in [0.15, 0.2) is 0 Å². The van der Waals surface area contributed by atoms with Crippen molar-refractivity contribution in [2.24, 2.45) is 0 Å². The van der Waals surface area contributed by atoms with Crippen LogP contribution in [0.1, 0.15) is 12.0 Å². The molecule has 134 valence electrons. The third-order valence-electron chi connectivity index (χ3n) is 4.56. The summed E-state index contributed by atoms with van der Waals surface area (Å²) in [6.45, 7) is 5.96. The van der Waals surface area contributed by atoms with Crippen LogP contribution in [-0.4, -0.2) is 46.3 Å². The van der Waals surface area contributed by atoms with Crippen molar-refractivity contribution in [1.82, 2.24) is 25.5 Å². The average molecular weight is 349 g/mol. The van der Waals surface area contributed by atoms with E-state index in [9.17, 15) is 0 Å². The number of rotatable bonds is 4. The maximum atomic E-state index is 4.77.